The summed E-state index contributed by atoms with van der Waals surface area (Å²) in [6.45, 7) is 0. The standard InChI is InChI=1S/C7H10N2O3S/c8-9-6-1-3-7(4-2-6)13(11,12)5-10/h1-4,9-10H,5,8H2. The van der Waals surface area contributed by atoms with Crippen LogP contribution in [0, 0.1) is 0 Å². The van der Waals surface area contributed by atoms with Crippen LogP contribution in [0.1, 0.15) is 0 Å². The second-order valence-corrected chi connectivity index (χ2v) is 4.37. The van der Waals surface area contributed by atoms with Gasteiger partial charge in [-0.3, -0.25) is 5.84 Å². The lowest BCUT2D eigenvalue weighted by Crippen LogP contribution is -2.08. The highest BCUT2D eigenvalue weighted by Gasteiger charge is 2.11. The zero-order valence-electron chi connectivity index (χ0n) is 6.77. The molecule has 4 N–H and O–H groups in total. The number of hydrogen-bond acceptors (Lipinski definition) is 5. The maximum atomic E-state index is 11.1. The molecule has 0 unspecified atom stereocenters. The van der Waals surface area contributed by atoms with E-state index in [0.717, 1.165) is 0 Å². The van der Waals surface area contributed by atoms with E-state index in [9.17, 15) is 8.42 Å². The number of hydrogen-bond donors (Lipinski definition) is 3. The monoisotopic (exact) mass is 202 g/mol. The molecule has 1 rings (SSSR count). The highest BCUT2D eigenvalue weighted by molar-refractivity contribution is 7.91. The number of sulfone groups is 1. The van der Waals surface area contributed by atoms with E-state index >= 15 is 0 Å². The minimum atomic E-state index is -3.54. The predicted octanol–water partition coefficient (Wildman–Crippen LogP) is -0.304. The first kappa shape index (κ1) is 9.97. The van der Waals surface area contributed by atoms with Crippen molar-refractivity contribution in [2.24, 2.45) is 5.84 Å². The van der Waals surface area contributed by atoms with Crippen LogP contribution in [0.2, 0.25) is 0 Å². The Hall–Kier alpha value is -1.11. The van der Waals surface area contributed by atoms with Gasteiger partial charge in [0.15, 0.2) is 0 Å². The van der Waals surface area contributed by atoms with Crippen LogP contribution < -0.4 is 11.3 Å². The van der Waals surface area contributed by atoms with Gasteiger partial charge in [-0.15, -0.1) is 0 Å². The average Bonchev–Trinajstić information content (AvgIpc) is 2.18. The van der Waals surface area contributed by atoms with Crippen molar-refractivity contribution in [3.05, 3.63) is 24.3 Å². The van der Waals surface area contributed by atoms with E-state index in [1.165, 1.54) is 24.3 Å². The SMILES string of the molecule is NNc1ccc(S(=O)(=O)CO)cc1. The molecule has 1 aromatic carbocycles. The van der Waals surface area contributed by atoms with Crippen molar-refractivity contribution in [1.29, 1.82) is 0 Å². The summed E-state index contributed by atoms with van der Waals surface area (Å²) in [6, 6.07) is 5.78. The summed E-state index contributed by atoms with van der Waals surface area (Å²) in [5.41, 5.74) is 2.97. The number of aliphatic hydroxyl groups excluding tert-OH is 1. The van der Waals surface area contributed by atoms with Gasteiger partial charge in [-0.2, -0.15) is 0 Å². The van der Waals surface area contributed by atoms with Crippen molar-refractivity contribution in [2.75, 3.05) is 11.4 Å². The lowest BCUT2D eigenvalue weighted by molar-refractivity contribution is 0.358. The van der Waals surface area contributed by atoms with Crippen LogP contribution in [-0.2, 0) is 9.84 Å². The molecule has 0 aromatic heterocycles. The van der Waals surface area contributed by atoms with Gasteiger partial charge in [0, 0.05) is 5.69 Å². The average molecular weight is 202 g/mol. The molecular formula is C7H10N2O3S. The van der Waals surface area contributed by atoms with Crippen molar-refractivity contribution < 1.29 is 13.5 Å². The second-order valence-electron chi connectivity index (χ2n) is 2.41. The third-order valence-corrected chi connectivity index (χ3v) is 2.88. The van der Waals surface area contributed by atoms with Crippen LogP contribution in [-0.4, -0.2) is 19.5 Å². The molecule has 72 valence electrons. The minimum absolute atomic E-state index is 0.0778. The summed E-state index contributed by atoms with van der Waals surface area (Å²) in [6.07, 6.45) is 0. The van der Waals surface area contributed by atoms with Gasteiger partial charge < -0.3 is 10.5 Å². The van der Waals surface area contributed by atoms with Crippen molar-refractivity contribution in [3.63, 3.8) is 0 Å². The highest BCUT2D eigenvalue weighted by atomic mass is 32.2. The van der Waals surface area contributed by atoms with Gasteiger partial charge in [0.1, 0.15) is 5.94 Å². The molecule has 0 amide bonds. The zero-order valence-corrected chi connectivity index (χ0v) is 7.58. The van der Waals surface area contributed by atoms with E-state index in [-0.39, 0.29) is 4.90 Å². The quantitative estimate of drug-likeness (QED) is 0.462. The van der Waals surface area contributed by atoms with E-state index in [4.69, 9.17) is 10.9 Å². The molecule has 0 atom stereocenters. The lowest BCUT2D eigenvalue weighted by Gasteiger charge is -2.02. The molecule has 0 saturated heterocycles. The second kappa shape index (κ2) is 3.73. The Bertz CT molecular complexity index is 371. The number of benzene rings is 1. The molecule has 0 fully saturated rings. The van der Waals surface area contributed by atoms with E-state index in [0.29, 0.717) is 5.69 Å². The maximum Gasteiger partial charge on any atom is 0.202 e. The van der Waals surface area contributed by atoms with Crippen molar-refractivity contribution in [2.45, 2.75) is 4.90 Å². The van der Waals surface area contributed by atoms with E-state index in [1.807, 2.05) is 0 Å². The highest BCUT2D eigenvalue weighted by Crippen LogP contribution is 2.13. The lowest BCUT2D eigenvalue weighted by atomic mass is 10.3. The van der Waals surface area contributed by atoms with Crippen LogP contribution in [0.25, 0.3) is 0 Å². The minimum Gasteiger partial charge on any atom is -0.380 e. The molecule has 13 heavy (non-hydrogen) atoms. The molecule has 0 aliphatic carbocycles. The molecule has 0 spiro atoms. The molecule has 6 heteroatoms. The fraction of sp³-hybridized carbons (Fsp3) is 0.143. The molecule has 0 bridgehead atoms. The molecule has 1 aromatic rings. The van der Waals surface area contributed by atoms with Crippen molar-refractivity contribution >= 4 is 15.5 Å². The van der Waals surface area contributed by atoms with E-state index in [1.54, 1.807) is 0 Å². The summed E-state index contributed by atoms with van der Waals surface area (Å²) in [4.78, 5) is 0.0778. The van der Waals surface area contributed by atoms with Gasteiger partial charge >= 0.3 is 0 Å². The first-order chi connectivity index (χ1) is 6.10. The summed E-state index contributed by atoms with van der Waals surface area (Å²) >= 11 is 0. The van der Waals surface area contributed by atoms with Gasteiger partial charge in [0.05, 0.1) is 4.90 Å². The number of anilines is 1. The Balaban J connectivity index is 3.06. The van der Waals surface area contributed by atoms with Gasteiger partial charge in [-0.1, -0.05) is 0 Å². The number of rotatable bonds is 3. The van der Waals surface area contributed by atoms with Gasteiger partial charge in [0.2, 0.25) is 9.84 Å². The van der Waals surface area contributed by atoms with Crippen LogP contribution in [0.3, 0.4) is 0 Å². The van der Waals surface area contributed by atoms with Crippen LogP contribution in [0.4, 0.5) is 5.69 Å². The molecule has 0 aliphatic rings. The maximum absolute atomic E-state index is 11.1. The Morgan fingerprint density at radius 1 is 1.31 bits per heavy atom. The number of nitrogens with two attached hydrogens (primary N) is 1. The van der Waals surface area contributed by atoms with Gasteiger partial charge in [-0.25, -0.2) is 8.42 Å². The number of nitrogens with one attached hydrogen (secondary N) is 1. The van der Waals surface area contributed by atoms with Crippen LogP contribution in [0.15, 0.2) is 29.2 Å². The Kier molecular flexibility index (Phi) is 2.86. The molecular weight excluding hydrogens is 192 g/mol. The Morgan fingerprint density at radius 2 is 1.85 bits per heavy atom. The topological polar surface area (TPSA) is 92.4 Å². The third-order valence-electron chi connectivity index (χ3n) is 1.55. The van der Waals surface area contributed by atoms with E-state index < -0.39 is 15.8 Å². The fourth-order valence-electron chi connectivity index (χ4n) is 0.833. The van der Waals surface area contributed by atoms with Gasteiger partial charge in [-0.05, 0) is 24.3 Å². The molecule has 0 heterocycles. The molecule has 5 nitrogen and oxygen atoms in total. The number of nitrogen functional groups attached to an aromatic ring is 1. The zero-order chi connectivity index (χ0) is 9.90. The normalized spacial score (nSPS) is 11.2. The third kappa shape index (κ3) is 2.18. The molecule has 0 radical (unpaired) electrons. The summed E-state index contributed by atoms with van der Waals surface area (Å²) in [7, 11) is -3.54. The Labute approximate surface area is 76.1 Å². The molecule has 0 saturated carbocycles. The largest absolute Gasteiger partial charge is 0.380 e. The predicted molar refractivity (Wildman–Crippen MR) is 48.5 cm³/mol. The first-order valence-corrected chi connectivity index (χ1v) is 5.15. The summed E-state index contributed by atoms with van der Waals surface area (Å²) in [5.74, 6) is 4.21. The summed E-state index contributed by atoms with van der Waals surface area (Å²) < 4.78 is 22.2. The first-order valence-electron chi connectivity index (χ1n) is 3.50. The van der Waals surface area contributed by atoms with Crippen molar-refractivity contribution in [1.82, 2.24) is 0 Å². The van der Waals surface area contributed by atoms with Gasteiger partial charge in [0.25, 0.3) is 0 Å². The van der Waals surface area contributed by atoms with E-state index in [2.05, 4.69) is 5.43 Å². The number of hydrazine groups is 1. The number of aliphatic hydroxyl groups is 1. The van der Waals surface area contributed by atoms with Crippen LogP contribution >= 0.6 is 0 Å². The Morgan fingerprint density at radius 3 is 2.23 bits per heavy atom. The van der Waals surface area contributed by atoms with Crippen molar-refractivity contribution in [3.8, 4) is 0 Å². The van der Waals surface area contributed by atoms with Crippen LogP contribution in [0.5, 0.6) is 0 Å². The fourth-order valence-corrected chi connectivity index (χ4v) is 1.53. The summed E-state index contributed by atoms with van der Waals surface area (Å²) in [5, 5.41) is 8.55. The smallest absolute Gasteiger partial charge is 0.202 e. The molecule has 0 aliphatic heterocycles.